The summed E-state index contributed by atoms with van der Waals surface area (Å²) in [5.41, 5.74) is 3.36. The van der Waals surface area contributed by atoms with E-state index in [-0.39, 0.29) is 11.8 Å². The minimum absolute atomic E-state index is 0.0448. The normalized spacial score (nSPS) is 20.0. The molecule has 0 N–H and O–H groups in total. The van der Waals surface area contributed by atoms with Crippen molar-refractivity contribution >= 4 is 29.1 Å². The van der Waals surface area contributed by atoms with Crippen LogP contribution in [0, 0.1) is 0 Å². The van der Waals surface area contributed by atoms with Gasteiger partial charge in [0, 0.05) is 49.5 Å². The fourth-order valence-electron chi connectivity index (χ4n) is 5.21. The first-order valence-electron chi connectivity index (χ1n) is 11.8. The predicted octanol–water partition coefficient (Wildman–Crippen LogP) is 4.61. The molecule has 0 aliphatic carbocycles. The first kappa shape index (κ1) is 23.2. The second kappa shape index (κ2) is 9.62. The van der Waals surface area contributed by atoms with E-state index in [1.54, 1.807) is 19.1 Å². The summed E-state index contributed by atoms with van der Waals surface area (Å²) in [5.74, 6) is 0.221. The smallest absolute Gasteiger partial charge is 0.254 e. The molecule has 1 saturated heterocycles. The highest BCUT2D eigenvalue weighted by molar-refractivity contribution is 6.30. The fraction of sp³-hybridized carbons (Fsp3) is 0.286. The van der Waals surface area contributed by atoms with E-state index in [0.717, 1.165) is 35.7 Å². The molecule has 6 nitrogen and oxygen atoms in total. The lowest BCUT2D eigenvalue weighted by atomic mass is 9.79. The quantitative estimate of drug-likeness (QED) is 0.537. The van der Waals surface area contributed by atoms with Crippen LogP contribution >= 0.6 is 11.6 Å². The summed E-state index contributed by atoms with van der Waals surface area (Å²) in [6, 6.07) is 22.5. The van der Waals surface area contributed by atoms with Crippen molar-refractivity contribution in [1.82, 2.24) is 9.80 Å². The molecule has 180 valence electrons. The lowest BCUT2D eigenvalue weighted by Crippen LogP contribution is -2.53. The Morgan fingerprint density at radius 2 is 1.66 bits per heavy atom. The molecule has 0 saturated carbocycles. The minimum atomic E-state index is -0.486. The molecule has 0 unspecified atom stereocenters. The molecule has 2 amide bonds. The molecule has 2 aliphatic heterocycles. The Balaban J connectivity index is 1.45. The lowest BCUT2D eigenvalue weighted by Gasteiger charge is -2.43. The van der Waals surface area contributed by atoms with Gasteiger partial charge in [0.1, 0.15) is 5.75 Å². The Hall–Kier alpha value is -3.51. The van der Waals surface area contributed by atoms with Crippen LogP contribution in [0.4, 0.5) is 5.69 Å². The number of halogens is 1. The van der Waals surface area contributed by atoms with Crippen LogP contribution in [0.5, 0.6) is 5.75 Å². The van der Waals surface area contributed by atoms with E-state index < -0.39 is 12.0 Å². The Labute approximate surface area is 210 Å². The summed E-state index contributed by atoms with van der Waals surface area (Å²) in [5, 5.41) is 0.704. The molecule has 0 aromatic heterocycles. The zero-order valence-electron chi connectivity index (χ0n) is 19.9. The molecular weight excluding hydrogens is 462 g/mol. The number of amides is 2. The van der Waals surface area contributed by atoms with Gasteiger partial charge in [-0.1, -0.05) is 48.0 Å². The predicted molar refractivity (Wildman–Crippen MR) is 137 cm³/mol. The Bertz CT molecular complexity index is 1240. The van der Waals surface area contributed by atoms with Crippen LogP contribution in [0.2, 0.25) is 5.02 Å². The molecule has 5 rings (SSSR count). The minimum Gasteiger partial charge on any atom is -0.497 e. The fourth-order valence-corrected chi connectivity index (χ4v) is 5.40. The Morgan fingerprint density at radius 1 is 0.943 bits per heavy atom. The summed E-state index contributed by atoms with van der Waals surface area (Å²) in [7, 11) is 3.40. The van der Waals surface area contributed by atoms with E-state index in [9.17, 15) is 9.59 Å². The van der Waals surface area contributed by atoms with Crippen LogP contribution in [-0.2, 0) is 4.79 Å². The number of piperazine rings is 1. The third-order valence-corrected chi connectivity index (χ3v) is 7.30. The molecule has 3 aromatic carbocycles. The summed E-state index contributed by atoms with van der Waals surface area (Å²) in [6.07, 6.45) is 0. The van der Waals surface area contributed by atoms with Crippen LogP contribution in [-0.4, -0.2) is 62.0 Å². The summed E-state index contributed by atoms with van der Waals surface area (Å²) in [4.78, 5) is 33.2. The Kier molecular flexibility index (Phi) is 6.39. The molecule has 1 fully saturated rings. The van der Waals surface area contributed by atoms with Gasteiger partial charge in [0.2, 0.25) is 5.91 Å². The number of ether oxygens (including phenoxy) is 1. The van der Waals surface area contributed by atoms with E-state index in [0.29, 0.717) is 23.7 Å². The maximum absolute atomic E-state index is 14.1. The van der Waals surface area contributed by atoms with Crippen molar-refractivity contribution < 1.29 is 14.3 Å². The standard InChI is InChI=1S/C28H28ClN3O3/c1-30-26(19-10-12-22(35-2)13-11-19)25(23-8-3-4-9-24(23)27(30)33)28(34)32-16-14-31(15-17-32)21-7-5-6-20(29)18-21/h3-13,18,25-26H,14-17H2,1-2H3/t25-,26-/m1/s1. The van der Waals surface area contributed by atoms with E-state index in [4.69, 9.17) is 16.3 Å². The molecule has 7 heteroatoms. The molecule has 2 heterocycles. The van der Waals surface area contributed by atoms with Crippen LogP contribution in [0.1, 0.15) is 33.4 Å². The number of methoxy groups -OCH3 is 1. The number of anilines is 1. The van der Waals surface area contributed by atoms with Crippen molar-refractivity contribution in [1.29, 1.82) is 0 Å². The number of rotatable bonds is 4. The maximum atomic E-state index is 14.1. The highest BCUT2D eigenvalue weighted by atomic mass is 35.5. The van der Waals surface area contributed by atoms with Gasteiger partial charge in [-0.05, 0) is 47.5 Å². The summed E-state index contributed by atoms with van der Waals surface area (Å²) in [6.45, 7) is 2.67. The van der Waals surface area contributed by atoms with Crippen LogP contribution in [0.3, 0.4) is 0 Å². The molecule has 0 spiro atoms. The first-order chi connectivity index (χ1) is 17.0. The number of hydrogen-bond acceptors (Lipinski definition) is 4. The monoisotopic (exact) mass is 489 g/mol. The number of fused-ring (bicyclic) bond motifs is 1. The highest BCUT2D eigenvalue weighted by Gasteiger charge is 2.44. The first-order valence-corrected chi connectivity index (χ1v) is 12.1. The van der Waals surface area contributed by atoms with Gasteiger partial charge in [-0.3, -0.25) is 9.59 Å². The SMILES string of the molecule is COc1ccc([C@@H]2[C@H](C(=O)N3CCN(c4cccc(Cl)c4)CC3)c3ccccc3C(=O)N2C)cc1. The van der Waals surface area contributed by atoms with Crippen molar-refractivity contribution in [2.24, 2.45) is 0 Å². The number of benzene rings is 3. The van der Waals surface area contributed by atoms with Gasteiger partial charge in [0.05, 0.1) is 19.1 Å². The largest absolute Gasteiger partial charge is 0.497 e. The lowest BCUT2D eigenvalue weighted by molar-refractivity contribution is -0.134. The number of hydrogen-bond donors (Lipinski definition) is 0. The zero-order chi connectivity index (χ0) is 24.5. The van der Waals surface area contributed by atoms with E-state index in [2.05, 4.69) is 4.90 Å². The van der Waals surface area contributed by atoms with Crippen LogP contribution < -0.4 is 9.64 Å². The average molecular weight is 490 g/mol. The van der Waals surface area contributed by atoms with Crippen molar-refractivity contribution in [2.45, 2.75) is 12.0 Å². The van der Waals surface area contributed by atoms with E-state index >= 15 is 0 Å². The molecular formula is C28H28ClN3O3. The van der Waals surface area contributed by atoms with E-state index in [1.165, 1.54) is 0 Å². The second-order valence-electron chi connectivity index (χ2n) is 8.99. The third-order valence-electron chi connectivity index (χ3n) is 7.07. The van der Waals surface area contributed by atoms with Crippen molar-refractivity contribution in [2.75, 3.05) is 45.2 Å². The zero-order valence-corrected chi connectivity index (χ0v) is 20.6. The van der Waals surface area contributed by atoms with E-state index in [1.807, 2.05) is 77.7 Å². The number of likely N-dealkylation sites (N-methyl/N-ethyl adjacent to an activating group) is 1. The summed E-state index contributed by atoms with van der Waals surface area (Å²) >= 11 is 6.18. The number of nitrogens with zero attached hydrogens (tertiary/aromatic N) is 3. The third kappa shape index (κ3) is 4.34. The topological polar surface area (TPSA) is 53.1 Å². The van der Waals surface area contributed by atoms with Gasteiger partial charge in [0.25, 0.3) is 5.91 Å². The van der Waals surface area contributed by atoms with Crippen molar-refractivity contribution in [3.63, 3.8) is 0 Å². The maximum Gasteiger partial charge on any atom is 0.254 e. The molecule has 0 radical (unpaired) electrons. The number of carbonyl (C=O) groups excluding carboxylic acids is 2. The summed E-state index contributed by atoms with van der Waals surface area (Å²) < 4.78 is 5.32. The second-order valence-corrected chi connectivity index (χ2v) is 9.43. The molecule has 2 atom stereocenters. The van der Waals surface area contributed by atoms with Crippen molar-refractivity contribution in [3.8, 4) is 5.75 Å². The highest BCUT2D eigenvalue weighted by Crippen LogP contribution is 2.43. The van der Waals surface area contributed by atoms with Gasteiger partial charge in [-0.15, -0.1) is 0 Å². The molecule has 2 aliphatic rings. The van der Waals surface area contributed by atoms with Crippen LogP contribution in [0.25, 0.3) is 0 Å². The molecule has 0 bridgehead atoms. The van der Waals surface area contributed by atoms with Gasteiger partial charge < -0.3 is 19.4 Å². The van der Waals surface area contributed by atoms with Crippen molar-refractivity contribution in [3.05, 3.63) is 94.5 Å². The van der Waals surface area contributed by atoms with Crippen LogP contribution in [0.15, 0.2) is 72.8 Å². The van der Waals surface area contributed by atoms with Gasteiger partial charge in [0.15, 0.2) is 0 Å². The van der Waals surface area contributed by atoms with Gasteiger partial charge in [-0.25, -0.2) is 0 Å². The average Bonchev–Trinajstić information content (AvgIpc) is 2.90. The number of carbonyl (C=O) groups is 2. The Morgan fingerprint density at radius 3 is 2.34 bits per heavy atom. The van der Waals surface area contributed by atoms with Gasteiger partial charge >= 0.3 is 0 Å². The molecule has 35 heavy (non-hydrogen) atoms. The molecule has 3 aromatic rings. The van der Waals surface area contributed by atoms with Gasteiger partial charge in [-0.2, -0.15) is 0 Å².